The third kappa shape index (κ3) is 7.82. The first-order valence-corrected chi connectivity index (χ1v) is 13.9. The summed E-state index contributed by atoms with van der Waals surface area (Å²) in [5.74, 6) is 0. The lowest BCUT2D eigenvalue weighted by atomic mass is 10.1. The lowest BCUT2D eigenvalue weighted by molar-refractivity contribution is -0.0394. The number of benzene rings is 1. The maximum Gasteiger partial charge on any atom is 0.435 e. The Kier molecular flexibility index (Phi) is 8.84. The molecule has 0 bridgehead atoms. The van der Waals surface area contributed by atoms with Crippen molar-refractivity contribution in [1.29, 1.82) is 0 Å². The maximum absolute atomic E-state index is 12.6. The molecule has 0 spiro atoms. The smallest absolute Gasteiger partial charge is 0.435 e. The zero-order valence-electron chi connectivity index (χ0n) is 24.7. The number of carbonyl (C=O) groups is 2. The first kappa shape index (κ1) is 29.5. The van der Waals surface area contributed by atoms with Gasteiger partial charge in [-0.3, -0.25) is 0 Å². The minimum absolute atomic E-state index is 0.0981. The van der Waals surface area contributed by atoms with E-state index < -0.39 is 23.4 Å². The van der Waals surface area contributed by atoms with Crippen molar-refractivity contribution in [3.8, 4) is 11.3 Å². The largest absolute Gasteiger partial charge is 0.444 e. The third-order valence-corrected chi connectivity index (χ3v) is 6.27. The normalized spacial score (nSPS) is 16.4. The molecule has 1 aliphatic rings. The van der Waals surface area contributed by atoms with Gasteiger partial charge in [0.2, 0.25) is 0 Å². The Hall–Kier alpha value is -3.44. The van der Waals surface area contributed by atoms with E-state index in [9.17, 15) is 9.59 Å². The number of fused-ring (bicyclic) bond motifs is 1. The summed E-state index contributed by atoms with van der Waals surface area (Å²) in [4.78, 5) is 26.8. The van der Waals surface area contributed by atoms with Crippen molar-refractivity contribution in [3.63, 3.8) is 0 Å². The van der Waals surface area contributed by atoms with Crippen LogP contribution in [0, 0.1) is 0 Å². The van der Waals surface area contributed by atoms with E-state index in [1.165, 1.54) is 4.68 Å². The van der Waals surface area contributed by atoms with E-state index in [2.05, 4.69) is 21.5 Å². The first-order valence-electron chi connectivity index (χ1n) is 13.9. The number of ether oxygens (including phenoxy) is 3. The average molecular weight is 555 g/mol. The van der Waals surface area contributed by atoms with Crippen LogP contribution in [-0.2, 0) is 20.8 Å². The molecular weight excluding hydrogens is 512 g/mol. The van der Waals surface area contributed by atoms with Crippen LogP contribution < -0.4 is 5.32 Å². The summed E-state index contributed by atoms with van der Waals surface area (Å²) in [5, 5.41) is 12.9. The van der Waals surface area contributed by atoms with Crippen LogP contribution in [0.2, 0.25) is 0 Å². The molecule has 218 valence electrons. The van der Waals surface area contributed by atoms with Gasteiger partial charge in [-0.15, -0.1) is 0 Å². The number of alkyl carbamates (subject to hydrolysis) is 1. The van der Waals surface area contributed by atoms with Crippen LogP contribution in [0.4, 0.5) is 9.59 Å². The highest BCUT2D eigenvalue weighted by molar-refractivity contribution is 5.90. The van der Waals surface area contributed by atoms with Gasteiger partial charge in [-0.05, 0) is 80.0 Å². The fourth-order valence-corrected chi connectivity index (χ4v) is 4.53. The molecule has 2 aromatic heterocycles. The number of aromatic nitrogens is 4. The van der Waals surface area contributed by atoms with Crippen molar-refractivity contribution in [1.82, 2.24) is 29.8 Å². The SMILES string of the molecule is CN(CCNC(=O)OC(C)(C)C)Cc1cn([C@H]2CCCCO2)nc1-c1ccc2c(cnn2C(=O)OC(C)(C)C)c1. The minimum Gasteiger partial charge on any atom is -0.444 e. The van der Waals surface area contributed by atoms with Crippen LogP contribution in [0.1, 0.15) is 72.6 Å². The van der Waals surface area contributed by atoms with Gasteiger partial charge in [0.05, 0.1) is 17.4 Å². The predicted molar refractivity (Wildman–Crippen MR) is 152 cm³/mol. The molecule has 1 atom stereocenters. The second kappa shape index (κ2) is 12.0. The van der Waals surface area contributed by atoms with E-state index in [-0.39, 0.29) is 6.23 Å². The van der Waals surface area contributed by atoms with E-state index in [0.717, 1.165) is 48.1 Å². The minimum atomic E-state index is -0.618. The maximum atomic E-state index is 12.6. The molecule has 1 aromatic carbocycles. The highest BCUT2D eigenvalue weighted by Crippen LogP contribution is 2.30. The van der Waals surface area contributed by atoms with E-state index in [1.807, 2.05) is 71.5 Å². The molecule has 1 aliphatic heterocycles. The van der Waals surface area contributed by atoms with Gasteiger partial charge in [0.25, 0.3) is 0 Å². The average Bonchev–Trinajstić information content (AvgIpc) is 3.46. The fourth-order valence-electron chi connectivity index (χ4n) is 4.53. The van der Waals surface area contributed by atoms with Gasteiger partial charge < -0.3 is 24.4 Å². The molecule has 0 saturated carbocycles. The number of amides is 1. The topological polar surface area (TPSA) is 113 Å². The molecule has 40 heavy (non-hydrogen) atoms. The third-order valence-electron chi connectivity index (χ3n) is 6.27. The van der Waals surface area contributed by atoms with Gasteiger partial charge >= 0.3 is 12.2 Å². The number of likely N-dealkylation sites (N-methyl/N-ethyl adjacent to an activating group) is 1. The Morgan fingerprint density at radius 2 is 1.88 bits per heavy atom. The summed E-state index contributed by atoms with van der Waals surface area (Å²) in [6, 6.07) is 5.81. The molecule has 0 unspecified atom stereocenters. The molecule has 1 fully saturated rings. The van der Waals surface area contributed by atoms with Gasteiger partial charge in [-0.25, -0.2) is 14.3 Å². The summed E-state index contributed by atoms with van der Waals surface area (Å²) < 4.78 is 20.0. The van der Waals surface area contributed by atoms with Crippen molar-refractivity contribution >= 4 is 23.1 Å². The summed E-state index contributed by atoms with van der Waals surface area (Å²) in [6.07, 6.45) is 5.75. The van der Waals surface area contributed by atoms with Crippen LogP contribution in [0.25, 0.3) is 22.2 Å². The van der Waals surface area contributed by atoms with Gasteiger partial charge in [0, 0.05) is 49.0 Å². The number of nitrogens with one attached hydrogen (secondary N) is 1. The molecule has 1 N–H and O–H groups in total. The highest BCUT2D eigenvalue weighted by atomic mass is 16.6. The summed E-state index contributed by atoms with van der Waals surface area (Å²) >= 11 is 0. The second-order valence-corrected chi connectivity index (χ2v) is 12.3. The summed E-state index contributed by atoms with van der Waals surface area (Å²) in [7, 11) is 2.00. The van der Waals surface area contributed by atoms with Crippen molar-refractivity contribution in [3.05, 3.63) is 36.2 Å². The molecule has 1 saturated heterocycles. The molecule has 3 aromatic rings. The Labute approximate surface area is 235 Å². The number of hydrogen-bond acceptors (Lipinski definition) is 8. The Morgan fingerprint density at radius 1 is 1.12 bits per heavy atom. The number of nitrogens with zero attached hydrogens (tertiary/aromatic N) is 5. The highest BCUT2D eigenvalue weighted by Gasteiger charge is 2.23. The van der Waals surface area contributed by atoms with Gasteiger partial charge in [0.15, 0.2) is 0 Å². The van der Waals surface area contributed by atoms with Gasteiger partial charge in [0.1, 0.15) is 17.4 Å². The van der Waals surface area contributed by atoms with Crippen molar-refractivity contribution in [2.45, 2.75) is 84.8 Å². The number of hydrogen-bond donors (Lipinski definition) is 1. The van der Waals surface area contributed by atoms with Crippen molar-refractivity contribution in [2.24, 2.45) is 0 Å². The molecule has 1 amide bonds. The van der Waals surface area contributed by atoms with Gasteiger partial charge in [-0.1, -0.05) is 6.07 Å². The lowest BCUT2D eigenvalue weighted by Crippen LogP contribution is -2.36. The van der Waals surface area contributed by atoms with E-state index in [4.69, 9.17) is 19.3 Å². The van der Waals surface area contributed by atoms with Crippen LogP contribution >= 0.6 is 0 Å². The van der Waals surface area contributed by atoms with Gasteiger partial charge in [-0.2, -0.15) is 14.9 Å². The van der Waals surface area contributed by atoms with Crippen LogP contribution in [-0.4, -0.2) is 74.6 Å². The van der Waals surface area contributed by atoms with Crippen LogP contribution in [0.15, 0.2) is 30.6 Å². The molecule has 0 aliphatic carbocycles. The monoisotopic (exact) mass is 554 g/mol. The summed E-state index contributed by atoms with van der Waals surface area (Å²) in [5.41, 5.74) is 2.31. The Bertz CT molecular complexity index is 1330. The zero-order valence-corrected chi connectivity index (χ0v) is 24.7. The van der Waals surface area contributed by atoms with Crippen LogP contribution in [0.5, 0.6) is 0 Å². The quantitative estimate of drug-likeness (QED) is 0.417. The molecule has 11 heteroatoms. The zero-order chi connectivity index (χ0) is 29.1. The first-order chi connectivity index (χ1) is 18.8. The van der Waals surface area contributed by atoms with Crippen molar-refractivity contribution in [2.75, 3.05) is 26.7 Å². The van der Waals surface area contributed by atoms with E-state index in [1.54, 1.807) is 6.20 Å². The number of carbonyl (C=O) groups excluding carboxylic acids is 2. The van der Waals surface area contributed by atoms with Crippen molar-refractivity contribution < 1.29 is 23.8 Å². The molecule has 11 nitrogen and oxygen atoms in total. The molecule has 4 rings (SSSR count). The van der Waals surface area contributed by atoms with Crippen LogP contribution in [0.3, 0.4) is 0 Å². The Balaban J connectivity index is 1.54. The Morgan fingerprint density at radius 3 is 2.55 bits per heavy atom. The predicted octanol–water partition coefficient (Wildman–Crippen LogP) is 5.34. The standard InChI is InChI=1S/C29H42N6O5/c1-28(2,3)39-26(36)30-13-14-33(7)18-22-19-34(24-10-8-9-15-38-24)32-25(22)20-11-12-23-21(16-20)17-31-35(23)27(37)40-29(4,5)6/h11-12,16-17,19,24H,8-10,13-15,18H2,1-7H3,(H,30,36)/t24-/m1/s1. The lowest BCUT2D eigenvalue weighted by Gasteiger charge is -2.22. The molecule has 3 heterocycles. The molecular formula is C29H42N6O5. The summed E-state index contributed by atoms with van der Waals surface area (Å²) in [6.45, 7) is 13.4. The molecule has 0 radical (unpaired) electrons. The van der Waals surface area contributed by atoms with E-state index in [0.29, 0.717) is 25.2 Å². The second-order valence-electron chi connectivity index (χ2n) is 12.3. The van der Waals surface area contributed by atoms with E-state index >= 15 is 0 Å². The fraction of sp³-hybridized carbons (Fsp3) is 0.586. The number of rotatable bonds is 7.